The van der Waals surface area contributed by atoms with Crippen molar-refractivity contribution in [1.29, 1.82) is 0 Å². The van der Waals surface area contributed by atoms with Crippen molar-refractivity contribution in [2.45, 2.75) is 46.3 Å². The van der Waals surface area contributed by atoms with E-state index in [2.05, 4.69) is 13.8 Å². The standard InChI is InChI=1S/C16H20ClNO3/c1-15(2)9-20-18(14(15)19)8-11-5-10-7-16(3,4)21-13(10)6-12(11)17/h5-6H,7-9H2,1-4H3. The lowest BCUT2D eigenvalue weighted by Crippen LogP contribution is -2.30. The molecule has 1 saturated heterocycles. The molecule has 1 aromatic carbocycles. The Labute approximate surface area is 129 Å². The first kappa shape index (κ1) is 14.7. The van der Waals surface area contributed by atoms with Crippen LogP contribution in [-0.4, -0.2) is 23.2 Å². The van der Waals surface area contributed by atoms with Crippen LogP contribution in [0.3, 0.4) is 0 Å². The minimum absolute atomic E-state index is 0.00403. The van der Waals surface area contributed by atoms with Gasteiger partial charge in [0.1, 0.15) is 11.4 Å². The van der Waals surface area contributed by atoms with Gasteiger partial charge in [0, 0.05) is 11.4 Å². The van der Waals surface area contributed by atoms with Crippen LogP contribution in [0.1, 0.15) is 38.8 Å². The Morgan fingerprint density at radius 3 is 2.62 bits per heavy atom. The molecule has 2 aliphatic heterocycles. The summed E-state index contributed by atoms with van der Waals surface area (Å²) >= 11 is 6.32. The Hall–Kier alpha value is -1.26. The molecule has 0 spiro atoms. The highest BCUT2D eigenvalue weighted by Crippen LogP contribution is 2.39. The maximum atomic E-state index is 12.2. The lowest BCUT2D eigenvalue weighted by Gasteiger charge is -2.18. The van der Waals surface area contributed by atoms with E-state index >= 15 is 0 Å². The second-order valence-corrected chi connectivity index (χ2v) is 7.50. The third kappa shape index (κ3) is 2.62. The number of amides is 1. The summed E-state index contributed by atoms with van der Waals surface area (Å²) in [6.07, 6.45) is 0.840. The number of hydroxylamine groups is 2. The summed E-state index contributed by atoms with van der Waals surface area (Å²) < 4.78 is 5.86. The molecule has 0 aliphatic carbocycles. The molecular weight excluding hydrogens is 290 g/mol. The van der Waals surface area contributed by atoms with E-state index in [1.807, 2.05) is 26.0 Å². The minimum atomic E-state index is -0.464. The van der Waals surface area contributed by atoms with Crippen molar-refractivity contribution in [3.05, 3.63) is 28.3 Å². The van der Waals surface area contributed by atoms with Gasteiger partial charge in [-0.05, 0) is 51.0 Å². The Morgan fingerprint density at radius 2 is 2.00 bits per heavy atom. The first-order chi connectivity index (χ1) is 9.68. The zero-order valence-corrected chi connectivity index (χ0v) is 13.6. The Morgan fingerprint density at radius 1 is 1.29 bits per heavy atom. The van der Waals surface area contributed by atoms with Crippen LogP contribution in [0.5, 0.6) is 5.75 Å². The van der Waals surface area contributed by atoms with Crippen LogP contribution in [0.25, 0.3) is 0 Å². The topological polar surface area (TPSA) is 38.8 Å². The molecule has 2 aliphatic rings. The summed E-state index contributed by atoms with van der Waals surface area (Å²) in [7, 11) is 0. The van der Waals surface area contributed by atoms with E-state index in [4.69, 9.17) is 21.2 Å². The van der Waals surface area contributed by atoms with Gasteiger partial charge in [-0.1, -0.05) is 11.6 Å². The normalized spacial score (nSPS) is 22.3. The zero-order valence-electron chi connectivity index (χ0n) is 12.8. The second-order valence-electron chi connectivity index (χ2n) is 7.09. The van der Waals surface area contributed by atoms with Gasteiger partial charge in [-0.25, -0.2) is 5.06 Å². The number of halogens is 1. The van der Waals surface area contributed by atoms with E-state index in [0.717, 1.165) is 23.3 Å². The second kappa shape index (κ2) is 4.62. The number of hydrogen-bond donors (Lipinski definition) is 0. The zero-order chi connectivity index (χ0) is 15.4. The van der Waals surface area contributed by atoms with Crippen LogP contribution in [0, 0.1) is 5.41 Å². The lowest BCUT2D eigenvalue weighted by atomic mass is 9.94. The van der Waals surface area contributed by atoms with Crippen LogP contribution < -0.4 is 4.74 Å². The predicted molar refractivity (Wildman–Crippen MR) is 80.1 cm³/mol. The number of ether oxygens (including phenoxy) is 1. The number of fused-ring (bicyclic) bond motifs is 1. The maximum absolute atomic E-state index is 12.2. The molecule has 2 heterocycles. The van der Waals surface area contributed by atoms with E-state index in [9.17, 15) is 4.79 Å². The van der Waals surface area contributed by atoms with E-state index < -0.39 is 5.41 Å². The van der Waals surface area contributed by atoms with Crippen molar-refractivity contribution in [2.24, 2.45) is 5.41 Å². The Kier molecular flexibility index (Phi) is 3.22. The number of nitrogens with zero attached hydrogens (tertiary/aromatic N) is 1. The van der Waals surface area contributed by atoms with Crippen LogP contribution >= 0.6 is 11.6 Å². The van der Waals surface area contributed by atoms with E-state index in [0.29, 0.717) is 18.2 Å². The number of carbonyl (C=O) groups excluding carboxylic acids is 1. The van der Waals surface area contributed by atoms with Gasteiger partial charge in [0.05, 0.1) is 18.6 Å². The van der Waals surface area contributed by atoms with Gasteiger partial charge >= 0.3 is 0 Å². The molecule has 1 amide bonds. The van der Waals surface area contributed by atoms with Gasteiger partial charge in [0.15, 0.2) is 0 Å². The van der Waals surface area contributed by atoms with Gasteiger partial charge in [0.25, 0.3) is 5.91 Å². The van der Waals surface area contributed by atoms with E-state index in [1.165, 1.54) is 5.06 Å². The van der Waals surface area contributed by atoms with Crippen molar-refractivity contribution in [1.82, 2.24) is 5.06 Å². The van der Waals surface area contributed by atoms with Crippen molar-refractivity contribution in [2.75, 3.05) is 6.61 Å². The third-order valence-corrected chi connectivity index (χ3v) is 4.28. The molecule has 0 atom stereocenters. The summed E-state index contributed by atoms with van der Waals surface area (Å²) in [4.78, 5) is 17.7. The Balaban J connectivity index is 1.84. The minimum Gasteiger partial charge on any atom is -0.487 e. The summed E-state index contributed by atoms with van der Waals surface area (Å²) in [5.41, 5.74) is 1.36. The predicted octanol–water partition coefficient (Wildman–Crippen LogP) is 3.35. The highest BCUT2D eigenvalue weighted by molar-refractivity contribution is 6.31. The van der Waals surface area contributed by atoms with E-state index in [1.54, 1.807) is 0 Å². The molecule has 1 aromatic rings. The van der Waals surface area contributed by atoms with Crippen molar-refractivity contribution >= 4 is 17.5 Å². The molecule has 0 N–H and O–H groups in total. The molecule has 4 nitrogen and oxygen atoms in total. The van der Waals surface area contributed by atoms with Crippen LogP contribution in [-0.2, 0) is 22.6 Å². The summed E-state index contributed by atoms with van der Waals surface area (Å²) in [6, 6.07) is 3.86. The largest absolute Gasteiger partial charge is 0.487 e. The fourth-order valence-electron chi connectivity index (χ4n) is 2.77. The highest BCUT2D eigenvalue weighted by Gasteiger charge is 2.40. The van der Waals surface area contributed by atoms with Gasteiger partial charge in [-0.3, -0.25) is 9.63 Å². The Bertz CT molecular complexity index is 610. The molecule has 3 rings (SSSR count). The van der Waals surface area contributed by atoms with Crippen molar-refractivity contribution < 1.29 is 14.4 Å². The van der Waals surface area contributed by atoms with Crippen LogP contribution in [0.4, 0.5) is 0 Å². The quantitative estimate of drug-likeness (QED) is 0.841. The molecule has 1 fully saturated rings. The van der Waals surface area contributed by atoms with Gasteiger partial charge in [0.2, 0.25) is 0 Å². The molecule has 0 radical (unpaired) electrons. The van der Waals surface area contributed by atoms with Gasteiger partial charge < -0.3 is 4.74 Å². The molecule has 21 heavy (non-hydrogen) atoms. The maximum Gasteiger partial charge on any atom is 0.254 e. The molecule has 5 heteroatoms. The lowest BCUT2D eigenvalue weighted by molar-refractivity contribution is -0.165. The summed E-state index contributed by atoms with van der Waals surface area (Å²) in [5, 5.41) is 2.02. The van der Waals surface area contributed by atoms with Crippen LogP contribution in [0.2, 0.25) is 5.02 Å². The number of benzene rings is 1. The highest BCUT2D eigenvalue weighted by atomic mass is 35.5. The monoisotopic (exact) mass is 309 g/mol. The molecule has 0 saturated carbocycles. The smallest absolute Gasteiger partial charge is 0.254 e. The van der Waals surface area contributed by atoms with Gasteiger partial charge in [-0.15, -0.1) is 0 Å². The average Bonchev–Trinajstić information content (AvgIpc) is 2.78. The van der Waals surface area contributed by atoms with Crippen LogP contribution in [0.15, 0.2) is 12.1 Å². The van der Waals surface area contributed by atoms with Gasteiger partial charge in [-0.2, -0.15) is 0 Å². The molecule has 0 bridgehead atoms. The van der Waals surface area contributed by atoms with Crippen molar-refractivity contribution in [3.63, 3.8) is 0 Å². The fraction of sp³-hybridized carbons (Fsp3) is 0.562. The molecule has 0 unspecified atom stereocenters. The average molecular weight is 310 g/mol. The molecule has 114 valence electrons. The third-order valence-electron chi connectivity index (χ3n) is 3.93. The first-order valence-corrected chi connectivity index (χ1v) is 7.51. The fourth-order valence-corrected chi connectivity index (χ4v) is 2.98. The first-order valence-electron chi connectivity index (χ1n) is 7.13. The van der Waals surface area contributed by atoms with Crippen molar-refractivity contribution in [3.8, 4) is 5.75 Å². The summed E-state index contributed by atoms with van der Waals surface area (Å²) in [6.45, 7) is 8.65. The number of carbonyl (C=O) groups is 1. The SMILES string of the molecule is CC1(C)Cc2cc(CN3OCC(C)(C)C3=O)c(Cl)cc2O1. The summed E-state index contributed by atoms with van der Waals surface area (Å²) in [5.74, 6) is 0.832. The number of hydrogen-bond acceptors (Lipinski definition) is 3. The number of rotatable bonds is 2. The molecule has 0 aromatic heterocycles. The van der Waals surface area contributed by atoms with E-state index in [-0.39, 0.29) is 11.5 Å². The molecular formula is C16H20ClNO3.